The maximum atomic E-state index is 13.1. The average molecular weight is 370 g/mol. The normalized spacial score (nSPS) is 22.9. The molecule has 0 aliphatic carbocycles. The van der Waals surface area contributed by atoms with E-state index in [9.17, 15) is 14.0 Å². The predicted octanol–water partition coefficient (Wildman–Crippen LogP) is 3.45. The Balaban J connectivity index is 1.50. The Kier molecular flexibility index (Phi) is 4.68. The summed E-state index contributed by atoms with van der Waals surface area (Å²) in [7, 11) is 0. The van der Waals surface area contributed by atoms with Crippen LogP contribution in [0.4, 0.5) is 10.1 Å². The molecular formula is C20H19FN2O2S. The highest BCUT2D eigenvalue weighted by Crippen LogP contribution is 2.39. The average Bonchev–Trinajstić information content (AvgIpc) is 3.30. The standard InChI is InChI=1S/C20H19FN2O2S/c21-16-6-8-17(9-7-16)23-13-15(12-18(23)24)19(25)22-10-11-26-20(22)14-4-2-1-3-5-14/h1-9,15,20H,10-13H2. The first-order chi connectivity index (χ1) is 12.6. The lowest BCUT2D eigenvalue weighted by Gasteiger charge is -2.26. The molecule has 0 radical (unpaired) electrons. The summed E-state index contributed by atoms with van der Waals surface area (Å²) < 4.78 is 13.1. The van der Waals surface area contributed by atoms with E-state index in [4.69, 9.17) is 0 Å². The van der Waals surface area contributed by atoms with Crippen molar-refractivity contribution < 1.29 is 14.0 Å². The van der Waals surface area contributed by atoms with E-state index in [0.717, 1.165) is 11.3 Å². The molecule has 134 valence electrons. The molecular weight excluding hydrogens is 351 g/mol. The molecule has 2 fully saturated rings. The molecule has 6 heteroatoms. The molecule has 4 rings (SSSR count). The lowest BCUT2D eigenvalue weighted by atomic mass is 10.1. The van der Waals surface area contributed by atoms with Crippen LogP contribution in [0.3, 0.4) is 0 Å². The zero-order valence-corrected chi connectivity index (χ0v) is 15.0. The Morgan fingerprint density at radius 3 is 2.54 bits per heavy atom. The fourth-order valence-electron chi connectivity index (χ4n) is 3.57. The number of carbonyl (C=O) groups excluding carboxylic acids is 2. The first kappa shape index (κ1) is 17.1. The molecule has 26 heavy (non-hydrogen) atoms. The largest absolute Gasteiger partial charge is 0.325 e. The van der Waals surface area contributed by atoms with Gasteiger partial charge in [-0.25, -0.2) is 4.39 Å². The first-order valence-corrected chi connectivity index (χ1v) is 9.71. The molecule has 2 atom stereocenters. The van der Waals surface area contributed by atoms with Crippen molar-refractivity contribution in [3.8, 4) is 0 Å². The van der Waals surface area contributed by atoms with Crippen LogP contribution in [0.25, 0.3) is 0 Å². The van der Waals surface area contributed by atoms with Gasteiger partial charge in [-0.1, -0.05) is 30.3 Å². The number of hydrogen-bond acceptors (Lipinski definition) is 3. The zero-order valence-electron chi connectivity index (χ0n) is 14.2. The van der Waals surface area contributed by atoms with Gasteiger partial charge in [-0.05, 0) is 29.8 Å². The number of rotatable bonds is 3. The summed E-state index contributed by atoms with van der Waals surface area (Å²) in [5, 5.41) is 0.0127. The van der Waals surface area contributed by atoms with E-state index in [1.54, 1.807) is 28.8 Å². The minimum atomic E-state index is -0.350. The first-order valence-electron chi connectivity index (χ1n) is 8.66. The Hall–Kier alpha value is -2.34. The highest BCUT2D eigenvalue weighted by Gasteiger charge is 2.40. The van der Waals surface area contributed by atoms with Crippen LogP contribution in [-0.4, -0.2) is 35.6 Å². The molecule has 4 nitrogen and oxygen atoms in total. The van der Waals surface area contributed by atoms with Crippen LogP contribution in [0.1, 0.15) is 17.4 Å². The lowest BCUT2D eigenvalue weighted by Crippen LogP contribution is -2.37. The molecule has 2 amide bonds. The Labute approximate surface area is 156 Å². The van der Waals surface area contributed by atoms with Crippen LogP contribution in [0.2, 0.25) is 0 Å². The zero-order chi connectivity index (χ0) is 18.1. The number of halogens is 1. The summed E-state index contributed by atoms with van der Waals surface area (Å²) >= 11 is 1.76. The molecule has 0 N–H and O–H groups in total. The van der Waals surface area contributed by atoms with Crippen molar-refractivity contribution in [2.24, 2.45) is 5.92 Å². The summed E-state index contributed by atoms with van der Waals surface area (Å²) in [6, 6.07) is 15.8. The molecule has 2 aromatic rings. The highest BCUT2D eigenvalue weighted by molar-refractivity contribution is 7.99. The van der Waals surface area contributed by atoms with Gasteiger partial charge in [-0.2, -0.15) is 0 Å². The van der Waals surface area contributed by atoms with E-state index in [1.807, 2.05) is 35.2 Å². The number of nitrogens with zero attached hydrogens (tertiary/aromatic N) is 2. The van der Waals surface area contributed by atoms with Crippen molar-refractivity contribution >= 4 is 29.3 Å². The molecule has 0 saturated carbocycles. The second-order valence-corrected chi connectivity index (χ2v) is 7.74. The number of carbonyl (C=O) groups is 2. The lowest BCUT2D eigenvalue weighted by molar-refractivity contribution is -0.136. The number of amides is 2. The van der Waals surface area contributed by atoms with Crippen LogP contribution < -0.4 is 4.90 Å². The van der Waals surface area contributed by atoms with E-state index in [0.29, 0.717) is 18.8 Å². The molecule has 2 saturated heterocycles. The van der Waals surface area contributed by atoms with E-state index in [-0.39, 0.29) is 35.3 Å². The van der Waals surface area contributed by atoms with Crippen LogP contribution >= 0.6 is 11.8 Å². The van der Waals surface area contributed by atoms with Crippen molar-refractivity contribution in [1.29, 1.82) is 0 Å². The van der Waals surface area contributed by atoms with E-state index in [1.165, 1.54) is 12.1 Å². The molecule has 2 heterocycles. The minimum Gasteiger partial charge on any atom is -0.325 e. The third-order valence-corrected chi connectivity index (χ3v) is 6.13. The van der Waals surface area contributed by atoms with Gasteiger partial charge in [0, 0.05) is 31.0 Å². The Morgan fingerprint density at radius 1 is 1.08 bits per heavy atom. The van der Waals surface area contributed by atoms with Gasteiger partial charge in [-0.3, -0.25) is 9.59 Å². The van der Waals surface area contributed by atoms with Gasteiger partial charge < -0.3 is 9.80 Å². The maximum absolute atomic E-state index is 13.1. The fourth-order valence-corrected chi connectivity index (χ4v) is 4.83. The van der Waals surface area contributed by atoms with Crippen molar-refractivity contribution in [2.45, 2.75) is 11.8 Å². The summed E-state index contributed by atoms with van der Waals surface area (Å²) in [5.41, 5.74) is 1.75. The number of benzene rings is 2. The van der Waals surface area contributed by atoms with Crippen molar-refractivity contribution in [3.05, 3.63) is 66.0 Å². The summed E-state index contributed by atoms with van der Waals surface area (Å²) in [5.74, 6) is 0.151. The van der Waals surface area contributed by atoms with E-state index in [2.05, 4.69) is 0 Å². The topological polar surface area (TPSA) is 40.6 Å². The Bertz CT molecular complexity index is 812. The molecule has 2 aliphatic heterocycles. The third kappa shape index (κ3) is 3.21. The summed E-state index contributed by atoms with van der Waals surface area (Å²) in [6.07, 6.45) is 0.207. The number of hydrogen-bond donors (Lipinski definition) is 0. The number of anilines is 1. The third-order valence-electron chi connectivity index (χ3n) is 4.87. The van der Waals surface area contributed by atoms with Crippen molar-refractivity contribution in [1.82, 2.24) is 4.90 Å². The number of thioether (sulfide) groups is 1. The van der Waals surface area contributed by atoms with E-state index >= 15 is 0 Å². The van der Waals surface area contributed by atoms with Gasteiger partial charge in [-0.15, -0.1) is 11.8 Å². The van der Waals surface area contributed by atoms with Gasteiger partial charge in [0.15, 0.2) is 0 Å². The SMILES string of the molecule is O=C1CC(C(=O)N2CCSC2c2ccccc2)CN1c1ccc(F)cc1. The molecule has 2 aromatic carbocycles. The van der Waals surface area contributed by atoms with Crippen molar-refractivity contribution in [3.63, 3.8) is 0 Å². The maximum Gasteiger partial charge on any atom is 0.229 e. The summed E-state index contributed by atoms with van der Waals surface area (Å²) in [6.45, 7) is 1.05. The van der Waals surface area contributed by atoms with Crippen molar-refractivity contribution in [2.75, 3.05) is 23.7 Å². The molecule has 0 bridgehead atoms. The molecule has 2 unspecified atom stereocenters. The predicted molar refractivity (Wildman–Crippen MR) is 100 cm³/mol. The molecule has 2 aliphatic rings. The Morgan fingerprint density at radius 2 is 1.81 bits per heavy atom. The molecule has 0 spiro atoms. The minimum absolute atomic E-state index is 0.0127. The van der Waals surface area contributed by atoms with Crippen LogP contribution in [-0.2, 0) is 9.59 Å². The fraction of sp³-hybridized carbons (Fsp3) is 0.300. The van der Waals surface area contributed by atoms with Gasteiger partial charge >= 0.3 is 0 Å². The monoisotopic (exact) mass is 370 g/mol. The van der Waals surface area contributed by atoms with Crippen LogP contribution in [0.5, 0.6) is 0 Å². The second kappa shape index (κ2) is 7.11. The second-order valence-electron chi connectivity index (χ2n) is 6.55. The van der Waals surface area contributed by atoms with Gasteiger partial charge in [0.25, 0.3) is 0 Å². The van der Waals surface area contributed by atoms with Crippen LogP contribution in [0.15, 0.2) is 54.6 Å². The highest BCUT2D eigenvalue weighted by atomic mass is 32.2. The molecule has 0 aromatic heterocycles. The van der Waals surface area contributed by atoms with Crippen LogP contribution in [0, 0.1) is 11.7 Å². The van der Waals surface area contributed by atoms with E-state index < -0.39 is 0 Å². The quantitative estimate of drug-likeness (QED) is 0.831. The smallest absolute Gasteiger partial charge is 0.229 e. The van der Waals surface area contributed by atoms with Gasteiger partial charge in [0.05, 0.1) is 5.92 Å². The van der Waals surface area contributed by atoms with Gasteiger partial charge in [0.1, 0.15) is 11.2 Å². The van der Waals surface area contributed by atoms with Gasteiger partial charge in [0.2, 0.25) is 11.8 Å². The summed E-state index contributed by atoms with van der Waals surface area (Å²) in [4.78, 5) is 29.0.